The van der Waals surface area contributed by atoms with Gasteiger partial charge in [0.2, 0.25) is 0 Å². The molecule has 0 aromatic heterocycles. The van der Waals surface area contributed by atoms with E-state index in [0.29, 0.717) is 0 Å². The summed E-state index contributed by atoms with van der Waals surface area (Å²) in [5.74, 6) is -0.984. The summed E-state index contributed by atoms with van der Waals surface area (Å²) in [7, 11) is 0. The van der Waals surface area contributed by atoms with Crippen LogP contribution in [0.25, 0.3) is 0 Å². The first-order valence-corrected chi connectivity index (χ1v) is 5.74. The van der Waals surface area contributed by atoms with Gasteiger partial charge < -0.3 is 0 Å². The molecule has 0 spiro atoms. The fraction of sp³-hybridized carbons (Fsp3) is 0.429. The van der Waals surface area contributed by atoms with Gasteiger partial charge in [0.1, 0.15) is 11.6 Å². The van der Waals surface area contributed by atoms with Crippen LogP contribution >= 0.6 is 0 Å². The average Bonchev–Trinajstić information content (AvgIpc) is 2.43. The zero-order valence-corrected chi connectivity index (χ0v) is 9.47. The first-order chi connectivity index (χ1) is 7.60. The number of halogens is 2. The van der Waals surface area contributed by atoms with Crippen LogP contribution < -0.4 is 0 Å². The Labute approximate surface area is 95.0 Å². The Bertz CT molecular complexity index is 389. The van der Waals surface area contributed by atoms with Crippen molar-refractivity contribution in [2.75, 3.05) is 0 Å². The Hall–Kier alpha value is -1.18. The Morgan fingerprint density at radius 1 is 1.06 bits per heavy atom. The number of benzene rings is 1. The molecule has 0 aliphatic heterocycles. The Morgan fingerprint density at radius 3 is 2.44 bits per heavy atom. The lowest BCUT2D eigenvalue weighted by molar-refractivity contribution is 0.504. The van der Waals surface area contributed by atoms with Gasteiger partial charge in [-0.15, -0.1) is 0 Å². The van der Waals surface area contributed by atoms with E-state index < -0.39 is 11.6 Å². The van der Waals surface area contributed by atoms with Crippen LogP contribution in [-0.2, 0) is 5.41 Å². The van der Waals surface area contributed by atoms with E-state index in [4.69, 9.17) is 0 Å². The quantitative estimate of drug-likeness (QED) is 0.619. The highest BCUT2D eigenvalue weighted by molar-refractivity contribution is 5.31. The highest BCUT2D eigenvalue weighted by Gasteiger charge is 2.25. The maximum absolute atomic E-state index is 13.2. The minimum absolute atomic E-state index is 0.223. The minimum atomic E-state index is -0.492. The third-order valence-corrected chi connectivity index (χ3v) is 3.32. The Morgan fingerprint density at radius 2 is 1.75 bits per heavy atom. The highest BCUT2D eigenvalue weighted by atomic mass is 19.1. The van der Waals surface area contributed by atoms with Crippen molar-refractivity contribution < 1.29 is 8.78 Å². The van der Waals surface area contributed by atoms with Crippen molar-refractivity contribution in [2.45, 2.75) is 38.0 Å². The van der Waals surface area contributed by atoms with E-state index in [1.54, 1.807) is 0 Å². The summed E-state index contributed by atoms with van der Waals surface area (Å²) in [6.07, 6.45) is 8.48. The molecule has 1 aromatic rings. The van der Waals surface area contributed by atoms with Crippen molar-refractivity contribution in [3.63, 3.8) is 0 Å². The molecule has 0 saturated carbocycles. The van der Waals surface area contributed by atoms with Gasteiger partial charge in [-0.2, -0.15) is 0 Å². The summed E-state index contributed by atoms with van der Waals surface area (Å²) in [5, 5.41) is 0. The molecule has 86 valence electrons. The van der Waals surface area contributed by atoms with E-state index in [1.807, 2.05) is 6.92 Å². The van der Waals surface area contributed by atoms with Gasteiger partial charge in [0.15, 0.2) is 0 Å². The summed E-state index contributed by atoms with van der Waals surface area (Å²) in [6.45, 7) is 2.04. The van der Waals surface area contributed by atoms with E-state index in [1.165, 1.54) is 12.1 Å². The third kappa shape index (κ3) is 2.31. The first kappa shape index (κ1) is 11.3. The molecule has 0 nitrogen and oxygen atoms in total. The second-order valence-corrected chi connectivity index (χ2v) is 4.72. The van der Waals surface area contributed by atoms with Gasteiger partial charge in [-0.25, -0.2) is 8.78 Å². The van der Waals surface area contributed by atoms with Gasteiger partial charge in [0.25, 0.3) is 0 Å². The monoisotopic (exact) mass is 222 g/mol. The molecule has 16 heavy (non-hydrogen) atoms. The fourth-order valence-corrected chi connectivity index (χ4v) is 2.31. The molecular formula is C14H16F2. The van der Waals surface area contributed by atoms with Gasteiger partial charge >= 0.3 is 0 Å². The van der Waals surface area contributed by atoms with Crippen molar-refractivity contribution in [1.82, 2.24) is 0 Å². The molecule has 0 unspecified atom stereocenters. The van der Waals surface area contributed by atoms with Gasteiger partial charge in [-0.3, -0.25) is 0 Å². The second-order valence-electron chi connectivity index (χ2n) is 4.72. The lowest BCUT2D eigenvalue weighted by Crippen LogP contribution is -2.18. The molecule has 0 heterocycles. The van der Waals surface area contributed by atoms with Gasteiger partial charge in [-0.05, 0) is 37.0 Å². The third-order valence-electron chi connectivity index (χ3n) is 3.32. The maximum Gasteiger partial charge on any atom is 0.126 e. The number of hydrogen-bond donors (Lipinski definition) is 0. The van der Waals surface area contributed by atoms with Crippen LogP contribution in [0.1, 0.15) is 38.2 Å². The van der Waals surface area contributed by atoms with Crippen LogP contribution in [0.3, 0.4) is 0 Å². The molecule has 0 saturated heterocycles. The first-order valence-electron chi connectivity index (χ1n) is 5.74. The largest absolute Gasteiger partial charge is 0.207 e. The summed E-state index contributed by atoms with van der Waals surface area (Å²) in [6, 6.07) is 3.81. The van der Waals surface area contributed by atoms with Crippen LogP contribution in [0.5, 0.6) is 0 Å². The average molecular weight is 222 g/mol. The van der Waals surface area contributed by atoms with Crippen LogP contribution in [0.2, 0.25) is 0 Å². The highest BCUT2D eigenvalue weighted by Crippen LogP contribution is 2.34. The molecule has 1 aliphatic rings. The van der Waals surface area contributed by atoms with Crippen LogP contribution in [0, 0.1) is 11.6 Å². The van der Waals surface area contributed by atoms with Gasteiger partial charge in [0.05, 0.1) is 0 Å². The predicted octanol–water partition coefficient (Wildman–Crippen LogP) is 4.35. The Balaban J connectivity index is 2.40. The van der Waals surface area contributed by atoms with Crippen molar-refractivity contribution >= 4 is 0 Å². The summed E-state index contributed by atoms with van der Waals surface area (Å²) >= 11 is 0. The molecule has 2 rings (SSSR count). The van der Waals surface area contributed by atoms with Crippen molar-refractivity contribution in [3.8, 4) is 0 Å². The van der Waals surface area contributed by atoms with Crippen molar-refractivity contribution in [2.24, 2.45) is 0 Å². The molecule has 1 aromatic carbocycles. The molecule has 1 atom stereocenters. The predicted molar refractivity (Wildman–Crippen MR) is 61.3 cm³/mol. The van der Waals surface area contributed by atoms with E-state index in [-0.39, 0.29) is 5.41 Å². The van der Waals surface area contributed by atoms with E-state index in [2.05, 4.69) is 12.2 Å². The standard InChI is InChI=1S/C14H16F2/c1-14(6-4-2-3-5-7-14)11-8-12(15)10-13(16)9-11/h4,6,8-10H,2-3,5,7H2,1H3/t14-/m0/s1. The Kier molecular flexibility index (Phi) is 3.08. The maximum atomic E-state index is 13.2. The molecule has 0 fully saturated rings. The summed E-state index contributed by atoms with van der Waals surface area (Å²) < 4.78 is 26.4. The molecule has 1 aliphatic carbocycles. The number of hydrogen-bond acceptors (Lipinski definition) is 0. The topological polar surface area (TPSA) is 0 Å². The van der Waals surface area contributed by atoms with Crippen LogP contribution in [0.4, 0.5) is 8.78 Å². The van der Waals surface area contributed by atoms with E-state index in [0.717, 1.165) is 37.3 Å². The minimum Gasteiger partial charge on any atom is -0.207 e. The smallest absolute Gasteiger partial charge is 0.126 e. The van der Waals surface area contributed by atoms with Crippen molar-refractivity contribution in [1.29, 1.82) is 0 Å². The molecule has 2 heteroatoms. The zero-order valence-electron chi connectivity index (χ0n) is 9.47. The molecule has 0 radical (unpaired) electrons. The zero-order chi connectivity index (χ0) is 11.6. The number of rotatable bonds is 1. The normalized spacial score (nSPS) is 25.4. The molecular weight excluding hydrogens is 206 g/mol. The fourth-order valence-electron chi connectivity index (χ4n) is 2.31. The van der Waals surface area contributed by atoms with Gasteiger partial charge in [0, 0.05) is 11.5 Å². The lowest BCUT2D eigenvalue weighted by Gasteiger charge is -2.25. The van der Waals surface area contributed by atoms with Crippen molar-refractivity contribution in [3.05, 3.63) is 47.5 Å². The number of allylic oxidation sites excluding steroid dienone is 2. The molecule has 0 bridgehead atoms. The SMILES string of the molecule is C[C@]1(c2cc(F)cc(F)c2)C=CCCCC1. The second kappa shape index (κ2) is 4.36. The van der Waals surface area contributed by atoms with Gasteiger partial charge in [-0.1, -0.05) is 25.5 Å². The summed E-state index contributed by atoms with van der Waals surface area (Å²) in [4.78, 5) is 0. The van der Waals surface area contributed by atoms with Crippen LogP contribution in [-0.4, -0.2) is 0 Å². The van der Waals surface area contributed by atoms with E-state index in [9.17, 15) is 8.78 Å². The summed E-state index contributed by atoms with van der Waals surface area (Å²) in [5.41, 5.74) is 0.516. The van der Waals surface area contributed by atoms with E-state index >= 15 is 0 Å². The lowest BCUT2D eigenvalue weighted by atomic mass is 9.79. The molecule has 0 N–H and O–H groups in total. The van der Waals surface area contributed by atoms with Crippen LogP contribution in [0.15, 0.2) is 30.4 Å². The molecule has 0 amide bonds.